The van der Waals surface area contributed by atoms with E-state index in [0.29, 0.717) is 41.4 Å². The van der Waals surface area contributed by atoms with Gasteiger partial charge >= 0.3 is 0 Å². The SMILES string of the molecule is CC1(C)C2CCC1(C)C(NC(=O)CCCc1nc3ccccc3c(=O)[nH]1)C2. The first-order valence-electron chi connectivity index (χ1n) is 10.1. The number of aryl methyl sites for hydroxylation is 1. The molecule has 2 fully saturated rings. The van der Waals surface area contributed by atoms with E-state index in [1.54, 1.807) is 6.07 Å². The van der Waals surface area contributed by atoms with E-state index in [0.717, 1.165) is 12.3 Å². The van der Waals surface area contributed by atoms with Gasteiger partial charge in [-0.15, -0.1) is 0 Å². The average Bonchev–Trinajstić information content (AvgIpc) is 2.95. The molecule has 5 heteroatoms. The molecule has 144 valence electrons. The first-order chi connectivity index (χ1) is 12.8. The standard InChI is InChI=1S/C22H29N3O2/c1-21(2)14-11-12-22(21,3)17(13-14)24-19(26)10-6-9-18-23-16-8-5-4-7-15(16)20(27)25-18/h4-5,7-8,14,17H,6,9-13H2,1-3H3,(H,24,26)(H,23,25,27). The number of nitrogens with one attached hydrogen (secondary N) is 2. The zero-order valence-corrected chi connectivity index (χ0v) is 16.5. The van der Waals surface area contributed by atoms with Gasteiger partial charge in [0, 0.05) is 18.9 Å². The Morgan fingerprint density at radius 3 is 2.78 bits per heavy atom. The lowest BCUT2D eigenvalue weighted by atomic mass is 9.69. The monoisotopic (exact) mass is 367 g/mol. The first-order valence-corrected chi connectivity index (χ1v) is 10.1. The van der Waals surface area contributed by atoms with E-state index in [4.69, 9.17) is 0 Å². The van der Waals surface area contributed by atoms with E-state index in [2.05, 4.69) is 36.1 Å². The maximum atomic E-state index is 12.5. The number of rotatable bonds is 5. The quantitative estimate of drug-likeness (QED) is 0.848. The highest BCUT2D eigenvalue weighted by Crippen LogP contribution is 2.65. The predicted octanol–water partition coefficient (Wildman–Crippen LogP) is 3.58. The van der Waals surface area contributed by atoms with Gasteiger partial charge in [0.15, 0.2) is 0 Å². The van der Waals surface area contributed by atoms with Crippen molar-refractivity contribution in [3.63, 3.8) is 0 Å². The Hall–Kier alpha value is -2.17. The van der Waals surface area contributed by atoms with Crippen molar-refractivity contribution in [3.8, 4) is 0 Å². The van der Waals surface area contributed by atoms with Crippen LogP contribution in [0.2, 0.25) is 0 Å². The molecule has 0 radical (unpaired) electrons. The van der Waals surface area contributed by atoms with Gasteiger partial charge < -0.3 is 10.3 Å². The van der Waals surface area contributed by atoms with Crippen molar-refractivity contribution < 1.29 is 4.79 Å². The minimum atomic E-state index is -0.114. The first kappa shape index (κ1) is 18.2. The third kappa shape index (κ3) is 2.97. The molecule has 4 rings (SSSR count). The molecule has 2 N–H and O–H groups in total. The van der Waals surface area contributed by atoms with Crippen LogP contribution in [-0.2, 0) is 11.2 Å². The molecule has 2 aliphatic rings. The van der Waals surface area contributed by atoms with Gasteiger partial charge in [-0.3, -0.25) is 9.59 Å². The van der Waals surface area contributed by atoms with Crippen molar-refractivity contribution in [1.29, 1.82) is 0 Å². The van der Waals surface area contributed by atoms with Crippen LogP contribution in [0.5, 0.6) is 0 Å². The van der Waals surface area contributed by atoms with Crippen LogP contribution in [0.4, 0.5) is 0 Å². The fourth-order valence-electron chi connectivity index (χ4n) is 5.36. The molecule has 0 spiro atoms. The van der Waals surface area contributed by atoms with Crippen LogP contribution >= 0.6 is 0 Å². The van der Waals surface area contributed by atoms with Crippen LogP contribution in [0.3, 0.4) is 0 Å². The number of carbonyl (C=O) groups excluding carboxylic acids is 1. The Balaban J connectivity index is 1.34. The Labute approximate surface area is 160 Å². The zero-order valence-electron chi connectivity index (χ0n) is 16.5. The van der Waals surface area contributed by atoms with Crippen LogP contribution in [-0.4, -0.2) is 21.9 Å². The summed E-state index contributed by atoms with van der Waals surface area (Å²) in [5.74, 6) is 1.49. The molecule has 2 bridgehead atoms. The maximum Gasteiger partial charge on any atom is 0.258 e. The summed E-state index contributed by atoms with van der Waals surface area (Å²) >= 11 is 0. The molecule has 1 heterocycles. The third-order valence-corrected chi connectivity index (χ3v) is 7.61. The predicted molar refractivity (Wildman–Crippen MR) is 106 cm³/mol. The highest BCUT2D eigenvalue weighted by molar-refractivity contribution is 5.77. The zero-order chi connectivity index (χ0) is 19.2. The molecule has 0 aliphatic heterocycles. The van der Waals surface area contributed by atoms with E-state index in [9.17, 15) is 9.59 Å². The van der Waals surface area contributed by atoms with Gasteiger partial charge in [0.05, 0.1) is 10.9 Å². The number of aromatic nitrogens is 2. The number of hydrogen-bond donors (Lipinski definition) is 2. The van der Waals surface area contributed by atoms with Gasteiger partial charge in [-0.25, -0.2) is 4.98 Å². The van der Waals surface area contributed by atoms with Crippen LogP contribution in [0.15, 0.2) is 29.1 Å². The number of H-pyrrole nitrogens is 1. The van der Waals surface area contributed by atoms with Crippen LogP contribution in [0.25, 0.3) is 10.9 Å². The summed E-state index contributed by atoms with van der Waals surface area (Å²) in [6, 6.07) is 7.62. The second kappa shape index (κ2) is 6.47. The third-order valence-electron chi connectivity index (χ3n) is 7.61. The Morgan fingerprint density at radius 1 is 1.30 bits per heavy atom. The number of amides is 1. The molecular formula is C22H29N3O2. The molecule has 0 saturated heterocycles. The second-order valence-electron chi connectivity index (χ2n) is 9.11. The number of fused-ring (bicyclic) bond motifs is 3. The van der Waals surface area contributed by atoms with Crippen molar-refractivity contribution in [2.45, 2.75) is 65.3 Å². The Bertz CT molecular complexity index is 933. The lowest BCUT2D eigenvalue weighted by Crippen LogP contribution is -2.46. The minimum Gasteiger partial charge on any atom is -0.353 e. The Morgan fingerprint density at radius 2 is 2.07 bits per heavy atom. The molecule has 2 aliphatic carbocycles. The summed E-state index contributed by atoms with van der Waals surface area (Å²) in [6.45, 7) is 7.06. The second-order valence-corrected chi connectivity index (χ2v) is 9.11. The number of carbonyl (C=O) groups is 1. The minimum absolute atomic E-state index is 0.114. The number of benzene rings is 1. The van der Waals surface area contributed by atoms with Crippen LogP contribution < -0.4 is 10.9 Å². The number of para-hydroxylation sites is 1. The van der Waals surface area contributed by atoms with Crippen LogP contribution in [0.1, 0.15) is 58.7 Å². The lowest BCUT2D eigenvalue weighted by Gasteiger charge is -2.39. The molecular weight excluding hydrogens is 338 g/mol. The van der Waals surface area contributed by atoms with E-state index in [-0.39, 0.29) is 22.9 Å². The lowest BCUT2D eigenvalue weighted by molar-refractivity contribution is -0.122. The van der Waals surface area contributed by atoms with Gasteiger partial charge in [0.1, 0.15) is 5.82 Å². The topological polar surface area (TPSA) is 74.8 Å². The van der Waals surface area contributed by atoms with E-state index >= 15 is 0 Å². The highest BCUT2D eigenvalue weighted by atomic mass is 16.1. The average molecular weight is 367 g/mol. The van der Waals surface area contributed by atoms with Gasteiger partial charge in [-0.05, 0) is 54.6 Å². The van der Waals surface area contributed by atoms with Gasteiger partial charge in [-0.1, -0.05) is 32.9 Å². The number of aromatic amines is 1. The smallest absolute Gasteiger partial charge is 0.258 e. The fourth-order valence-corrected chi connectivity index (χ4v) is 5.36. The van der Waals surface area contributed by atoms with E-state index < -0.39 is 0 Å². The molecule has 27 heavy (non-hydrogen) atoms. The van der Waals surface area contributed by atoms with Crippen molar-refractivity contribution in [3.05, 3.63) is 40.4 Å². The molecule has 2 aromatic rings. The molecule has 1 aromatic carbocycles. The highest BCUT2D eigenvalue weighted by Gasteiger charge is 2.61. The number of hydrogen-bond acceptors (Lipinski definition) is 3. The summed E-state index contributed by atoms with van der Waals surface area (Å²) in [6.07, 6.45) is 5.35. The summed E-state index contributed by atoms with van der Waals surface area (Å²) < 4.78 is 0. The summed E-state index contributed by atoms with van der Waals surface area (Å²) in [7, 11) is 0. The van der Waals surface area contributed by atoms with Gasteiger partial charge in [0.2, 0.25) is 5.91 Å². The van der Waals surface area contributed by atoms with Gasteiger partial charge in [0.25, 0.3) is 5.56 Å². The summed E-state index contributed by atoms with van der Waals surface area (Å²) in [4.78, 5) is 32.0. The largest absolute Gasteiger partial charge is 0.353 e. The van der Waals surface area contributed by atoms with E-state index in [1.807, 2.05) is 18.2 Å². The van der Waals surface area contributed by atoms with Crippen molar-refractivity contribution in [2.75, 3.05) is 0 Å². The molecule has 3 unspecified atom stereocenters. The normalized spacial score (nSPS) is 28.6. The van der Waals surface area contributed by atoms with Crippen molar-refractivity contribution in [2.24, 2.45) is 16.7 Å². The molecule has 1 aromatic heterocycles. The maximum absolute atomic E-state index is 12.5. The Kier molecular flexibility index (Phi) is 4.36. The molecule has 3 atom stereocenters. The molecule has 1 amide bonds. The number of nitrogens with zero attached hydrogens (tertiary/aromatic N) is 1. The molecule has 5 nitrogen and oxygen atoms in total. The van der Waals surface area contributed by atoms with Crippen LogP contribution in [0, 0.1) is 16.7 Å². The van der Waals surface area contributed by atoms with Crippen molar-refractivity contribution >= 4 is 16.8 Å². The molecule has 2 saturated carbocycles. The van der Waals surface area contributed by atoms with E-state index in [1.165, 1.54) is 12.8 Å². The van der Waals surface area contributed by atoms with Crippen molar-refractivity contribution in [1.82, 2.24) is 15.3 Å². The fraction of sp³-hybridized carbons (Fsp3) is 0.591. The summed E-state index contributed by atoms with van der Waals surface area (Å²) in [5, 5.41) is 3.91. The summed E-state index contributed by atoms with van der Waals surface area (Å²) in [5.41, 5.74) is 1.10. The van der Waals surface area contributed by atoms with Gasteiger partial charge in [-0.2, -0.15) is 0 Å².